The average Bonchev–Trinajstić information content (AvgIpc) is 3.31. The highest BCUT2D eigenvalue weighted by molar-refractivity contribution is 9.09. The molecule has 11 nitrogen and oxygen atoms in total. The van der Waals surface area contributed by atoms with Gasteiger partial charge in [0.15, 0.2) is 21.2 Å². The van der Waals surface area contributed by atoms with Crippen LogP contribution in [0.3, 0.4) is 0 Å². The number of carboxylic acid groups (broad SMARTS) is 1. The van der Waals surface area contributed by atoms with Crippen LogP contribution in [0.5, 0.6) is 17.2 Å². The molecule has 2 aromatic rings. The van der Waals surface area contributed by atoms with Crippen LogP contribution in [0, 0.1) is 17.8 Å². The van der Waals surface area contributed by atoms with E-state index in [2.05, 4.69) is 15.9 Å². The summed E-state index contributed by atoms with van der Waals surface area (Å²) in [7, 11) is 1.35. The fraction of sp³-hybridized carbons (Fsp3) is 0.345. The Labute approximate surface area is 262 Å². The van der Waals surface area contributed by atoms with Crippen molar-refractivity contribution in [1.82, 2.24) is 4.90 Å². The number of fused-ring (bicyclic) bond motifs is 4. The lowest BCUT2D eigenvalue weighted by atomic mass is 9.56. The van der Waals surface area contributed by atoms with Gasteiger partial charge in [-0.05, 0) is 37.0 Å². The van der Waals surface area contributed by atoms with Gasteiger partial charge in [-0.3, -0.25) is 24.1 Å². The maximum atomic E-state index is 14.1. The molecule has 1 saturated carbocycles. The molecule has 2 aliphatic carbocycles. The van der Waals surface area contributed by atoms with Crippen molar-refractivity contribution in [2.24, 2.45) is 17.8 Å². The third-order valence-corrected chi connectivity index (χ3v) is 11.0. The van der Waals surface area contributed by atoms with Gasteiger partial charge in [-0.25, -0.2) is 9.69 Å². The molecule has 4 amide bonds. The summed E-state index contributed by atoms with van der Waals surface area (Å²) in [5, 5.41) is 30.7. The number of anilines is 1. The fourth-order valence-electron chi connectivity index (χ4n) is 7.13. The minimum atomic E-state index is -2.10. The third kappa shape index (κ3) is 3.75. The number of allylic oxidation sites excluding steroid dienone is 2. The molecule has 3 fully saturated rings. The molecule has 14 heteroatoms. The van der Waals surface area contributed by atoms with Crippen LogP contribution < -0.4 is 9.64 Å². The second kappa shape index (κ2) is 9.96. The molecule has 0 bridgehead atoms. The van der Waals surface area contributed by atoms with E-state index in [-0.39, 0.29) is 41.0 Å². The first-order valence-electron chi connectivity index (χ1n) is 13.1. The van der Waals surface area contributed by atoms with Crippen LogP contribution in [-0.2, 0) is 19.2 Å². The van der Waals surface area contributed by atoms with Crippen LogP contribution in [0.1, 0.15) is 34.7 Å². The van der Waals surface area contributed by atoms with Crippen LogP contribution in [-0.4, -0.2) is 72.1 Å². The number of hydrogen-bond donors (Lipinski definition) is 3. The van der Waals surface area contributed by atoms with E-state index in [4.69, 9.17) is 27.9 Å². The Hall–Kier alpha value is -3.61. The molecule has 2 aliphatic heterocycles. The van der Waals surface area contributed by atoms with Crippen molar-refractivity contribution in [1.29, 1.82) is 0 Å². The number of imide groups is 2. The normalized spacial score (nSPS) is 31.5. The molecule has 224 valence electrons. The quantitative estimate of drug-likeness (QED) is 0.183. The molecule has 6 atom stereocenters. The maximum Gasteiger partial charge on any atom is 0.339 e. The molecule has 0 aromatic heterocycles. The number of alkyl halides is 3. The number of para-hydroxylation sites is 1. The SMILES string of the molecule is COc1cccc([C@H]2C3=CC[C@@H]4C(=O)N(c5ccc(C(=O)O)c(O)c5)C(=O)[C@@H]4[C@@H]3C[C@@]3(Cl)C(=O)N(CBr)C(=O)[C@@]23Cl)c1O. The van der Waals surface area contributed by atoms with Crippen molar-refractivity contribution in [3.05, 3.63) is 59.2 Å². The van der Waals surface area contributed by atoms with Crippen molar-refractivity contribution in [2.45, 2.75) is 28.5 Å². The third-order valence-electron chi connectivity index (χ3n) is 9.05. The van der Waals surface area contributed by atoms with Crippen LogP contribution in [0.4, 0.5) is 5.69 Å². The van der Waals surface area contributed by atoms with Gasteiger partial charge in [0.2, 0.25) is 11.8 Å². The lowest BCUT2D eigenvalue weighted by molar-refractivity contribution is -0.138. The largest absolute Gasteiger partial charge is 0.507 e. The molecular formula is C29H23BrCl2N2O9. The Balaban J connectivity index is 1.51. The number of ether oxygens (including phenoxy) is 1. The predicted molar refractivity (Wildman–Crippen MR) is 156 cm³/mol. The van der Waals surface area contributed by atoms with E-state index in [9.17, 15) is 39.3 Å². The summed E-state index contributed by atoms with van der Waals surface area (Å²) in [6.45, 7) is 0. The highest BCUT2D eigenvalue weighted by Crippen LogP contribution is 2.66. The van der Waals surface area contributed by atoms with Crippen molar-refractivity contribution >= 4 is 74.4 Å². The number of carbonyl (C=O) groups is 5. The zero-order valence-corrected chi connectivity index (χ0v) is 25.4. The van der Waals surface area contributed by atoms with Crippen molar-refractivity contribution in [2.75, 3.05) is 17.5 Å². The Kier molecular flexibility index (Phi) is 6.83. The summed E-state index contributed by atoms with van der Waals surface area (Å²) >= 11 is 17.5. The van der Waals surface area contributed by atoms with Crippen molar-refractivity contribution in [3.63, 3.8) is 0 Å². The van der Waals surface area contributed by atoms with E-state index < -0.39 is 74.3 Å². The molecule has 0 radical (unpaired) electrons. The first-order valence-corrected chi connectivity index (χ1v) is 15.0. The Morgan fingerprint density at radius 1 is 1.07 bits per heavy atom. The number of nitrogens with zero attached hydrogens (tertiary/aromatic N) is 2. The van der Waals surface area contributed by atoms with Crippen LogP contribution in [0.2, 0.25) is 0 Å². The smallest absolute Gasteiger partial charge is 0.339 e. The van der Waals surface area contributed by atoms with Crippen molar-refractivity contribution < 1.29 is 44.0 Å². The number of methoxy groups -OCH3 is 1. The monoisotopic (exact) mass is 692 g/mol. The molecule has 2 aromatic carbocycles. The zero-order valence-electron chi connectivity index (χ0n) is 22.3. The molecule has 0 spiro atoms. The molecule has 4 aliphatic rings. The number of phenols is 2. The standard InChI is InChI=1S/C29H23BrCl2N2O9/c1-43-19-4-2-3-16(22(19)36)21-13-7-8-15-20(17(13)10-28(31)26(41)33(11-30)27(42)29(21,28)32)24(38)34(23(15)37)12-5-6-14(25(39)40)18(35)9-12/h2-7,9,15,17,20-21,35-36H,8,10-11H2,1H3,(H,39,40)/t15-,17+,20-,21+,28+,29-/m0/s1. The Bertz CT molecular complexity index is 1680. The number of aromatic carboxylic acids is 1. The van der Waals surface area contributed by atoms with E-state index in [1.54, 1.807) is 12.1 Å². The van der Waals surface area contributed by atoms with Crippen LogP contribution in [0.15, 0.2) is 48.0 Å². The second-order valence-corrected chi connectivity index (χ2v) is 12.6. The van der Waals surface area contributed by atoms with E-state index in [1.807, 2.05) is 0 Å². The molecule has 6 rings (SSSR count). The van der Waals surface area contributed by atoms with Crippen molar-refractivity contribution in [3.8, 4) is 17.2 Å². The van der Waals surface area contributed by atoms with E-state index in [1.165, 1.54) is 25.3 Å². The molecule has 43 heavy (non-hydrogen) atoms. The Morgan fingerprint density at radius 3 is 2.42 bits per heavy atom. The lowest BCUT2D eigenvalue weighted by Crippen LogP contribution is -2.60. The first-order chi connectivity index (χ1) is 20.3. The van der Waals surface area contributed by atoms with Crippen LogP contribution >= 0.6 is 39.1 Å². The van der Waals surface area contributed by atoms with Gasteiger partial charge in [-0.2, -0.15) is 0 Å². The summed E-state index contributed by atoms with van der Waals surface area (Å²) in [6.07, 6.45) is 1.53. The highest BCUT2D eigenvalue weighted by atomic mass is 79.9. The van der Waals surface area contributed by atoms with Gasteiger partial charge in [-0.15, -0.1) is 23.2 Å². The average molecular weight is 694 g/mol. The van der Waals surface area contributed by atoms with Gasteiger partial charge in [0.1, 0.15) is 11.3 Å². The van der Waals surface area contributed by atoms with Gasteiger partial charge in [0.25, 0.3) is 11.8 Å². The molecular weight excluding hydrogens is 671 g/mol. The van der Waals surface area contributed by atoms with E-state index >= 15 is 0 Å². The second-order valence-electron chi connectivity index (χ2n) is 10.9. The van der Waals surface area contributed by atoms with Gasteiger partial charge in [-0.1, -0.05) is 39.7 Å². The first kappa shape index (κ1) is 29.5. The topological polar surface area (TPSA) is 162 Å². The van der Waals surface area contributed by atoms with E-state index in [0.29, 0.717) is 5.57 Å². The van der Waals surface area contributed by atoms with Gasteiger partial charge >= 0.3 is 5.97 Å². The van der Waals surface area contributed by atoms with Gasteiger partial charge in [0, 0.05) is 17.5 Å². The molecule has 0 unspecified atom stereocenters. The van der Waals surface area contributed by atoms with E-state index in [0.717, 1.165) is 21.9 Å². The zero-order chi connectivity index (χ0) is 31.2. The number of hydrogen-bond acceptors (Lipinski definition) is 8. The number of likely N-dealkylation sites (tertiary alicyclic amines) is 1. The van der Waals surface area contributed by atoms with Gasteiger partial charge < -0.3 is 20.1 Å². The maximum absolute atomic E-state index is 14.1. The number of halogens is 3. The number of carboxylic acids is 1. The summed E-state index contributed by atoms with van der Waals surface area (Å²) in [4.78, 5) is 64.3. The minimum absolute atomic E-state index is 0.0175. The summed E-state index contributed by atoms with van der Waals surface area (Å²) in [6, 6.07) is 8.00. The number of amides is 4. The summed E-state index contributed by atoms with van der Waals surface area (Å²) < 4.78 is 5.29. The summed E-state index contributed by atoms with van der Waals surface area (Å²) in [5.74, 6) is -8.93. The highest BCUT2D eigenvalue weighted by Gasteiger charge is 2.76. The fourth-order valence-corrected chi connectivity index (χ4v) is 8.55. The number of aromatic hydroxyl groups is 2. The number of rotatable bonds is 5. The Morgan fingerprint density at radius 2 is 1.79 bits per heavy atom. The molecule has 2 saturated heterocycles. The number of carbonyl (C=O) groups excluding carboxylic acids is 4. The van der Waals surface area contributed by atoms with Gasteiger partial charge in [0.05, 0.1) is 30.1 Å². The minimum Gasteiger partial charge on any atom is -0.507 e. The van der Waals surface area contributed by atoms with Crippen LogP contribution in [0.25, 0.3) is 0 Å². The molecule has 3 N–H and O–H groups in total. The molecule has 2 heterocycles. The predicted octanol–water partition coefficient (Wildman–Crippen LogP) is 3.72. The lowest BCUT2D eigenvalue weighted by Gasteiger charge is -2.50. The summed E-state index contributed by atoms with van der Waals surface area (Å²) in [5.41, 5.74) is 0.0213. The number of phenolic OH excluding ortho intramolecular Hbond substituents is 1. The number of benzene rings is 2.